The molecule has 1 saturated heterocycles. The molecule has 1 heterocycles. The number of hydrogen-bond donors (Lipinski definition) is 0. The summed E-state index contributed by atoms with van der Waals surface area (Å²) in [6.45, 7) is 12.4. The summed E-state index contributed by atoms with van der Waals surface area (Å²) in [6, 6.07) is 0. The van der Waals surface area contributed by atoms with Crippen molar-refractivity contribution in [3.8, 4) is 0 Å². The molecule has 1 rings (SSSR count). The van der Waals surface area contributed by atoms with Crippen LogP contribution in [0.4, 0.5) is 0 Å². The fourth-order valence-electron chi connectivity index (χ4n) is 2.90. The fraction of sp³-hybridized carbons (Fsp3) is 1.00. The molecule has 0 bridgehead atoms. The van der Waals surface area contributed by atoms with Gasteiger partial charge in [0.25, 0.3) is 0 Å². The molecule has 0 saturated carbocycles. The summed E-state index contributed by atoms with van der Waals surface area (Å²) in [5, 5.41) is 0. The van der Waals surface area contributed by atoms with Crippen LogP contribution in [0.25, 0.3) is 0 Å². The highest BCUT2D eigenvalue weighted by Gasteiger charge is 2.37. The molecule has 0 aromatic rings. The summed E-state index contributed by atoms with van der Waals surface area (Å²) in [5.74, 6) is 0.805. The molecule has 0 N–H and O–H groups in total. The molecular formula is C12H24O. The summed E-state index contributed by atoms with van der Waals surface area (Å²) in [4.78, 5) is 0. The zero-order chi connectivity index (χ0) is 10.1. The van der Waals surface area contributed by atoms with Gasteiger partial charge >= 0.3 is 0 Å². The van der Waals surface area contributed by atoms with Crippen LogP contribution in [0.2, 0.25) is 0 Å². The molecule has 0 amide bonds. The molecule has 0 aromatic carbocycles. The Bertz CT molecular complexity index is 172. The van der Waals surface area contributed by atoms with Crippen LogP contribution in [0.5, 0.6) is 0 Å². The van der Waals surface area contributed by atoms with Crippen molar-refractivity contribution in [3.05, 3.63) is 0 Å². The Morgan fingerprint density at radius 1 is 1.23 bits per heavy atom. The van der Waals surface area contributed by atoms with Crippen LogP contribution in [0.1, 0.15) is 53.9 Å². The van der Waals surface area contributed by atoms with Gasteiger partial charge in [0.2, 0.25) is 0 Å². The van der Waals surface area contributed by atoms with Crippen molar-refractivity contribution >= 4 is 0 Å². The summed E-state index contributed by atoms with van der Waals surface area (Å²) in [5.41, 5.74) is 0.609. The third-order valence-corrected chi connectivity index (χ3v) is 2.95. The van der Waals surface area contributed by atoms with E-state index in [1.165, 1.54) is 19.3 Å². The van der Waals surface area contributed by atoms with E-state index in [0.29, 0.717) is 5.41 Å². The average Bonchev–Trinajstić information content (AvgIpc) is 1.79. The molecule has 1 aliphatic rings. The van der Waals surface area contributed by atoms with Crippen molar-refractivity contribution < 1.29 is 4.74 Å². The second-order valence-corrected chi connectivity index (χ2v) is 5.94. The molecule has 13 heavy (non-hydrogen) atoms. The quantitative estimate of drug-likeness (QED) is 0.637. The Kier molecular flexibility index (Phi) is 3.06. The van der Waals surface area contributed by atoms with Crippen molar-refractivity contribution in [1.29, 1.82) is 0 Å². The lowest BCUT2D eigenvalue weighted by atomic mass is 9.71. The lowest BCUT2D eigenvalue weighted by Gasteiger charge is -2.43. The van der Waals surface area contributed by atoms with Gasteiger partial charge < -0.3 is 4.74 Å². The molecule has 1 fully saturated rings. The molecule has 1 aliphatic heterocycles. The molecule has 0 spiro atoms. The van der Waals surface area contributed by atoms with Crippen molar-refractivity contribution in [2.24, 2.45) is 11.3 Å². The van der Waals surface area contributed by atoms with E-state index in [2.05, 4.69) is 34.6 Å². The maximum absolute atomic E-state index is 5.74. The van der Waals surface area contributed by atoms with Crippen molar-refractivity contribution in [3.63, 3.8) is 0 Å². The molecule has 0 aromatic heterocycles. The molecule has 1 nitrogen and oxygen atoms in total. The minimum Gasteiger partial charge on any atom is -0.376 e. The smallest absolute Gasteiger partial charge is 0.0631 e. The summed E-state index contributed by atoms with van der Waals surface area (Å²) >= 11 is 0. The predicted octanol–water partition coefficient (Wildman–Crippen LogP) is 3.63. The summed E-state index contributed by atoms with van der Waals surface area (Å²) in [6.07, 6.45) is 3.77. The maximum Gasteiger partial charge on any atom is 0.0631 e. The maximum atomic E-state index is 5.74. The van der Waals surface area contributed by atoms with E-state index < -0.39 is 0 Å². The van der Waals surface area contributed by atoms with Gasteiger partial charge in [-0.2, -0.15) is 0 Å². The highest BCUT2D eigenvalue weighted by molar-refractivity contribution is 4.87. The second kappa shape index (κ2) is 3.61. The van der Waals surface area contributed by atoms with Gasteiger partial charge in [-0.1, -0.05) is 20.8 Å². The van der Waals surface area contributed by atoms with E-state index in [4.69, 9.17) is 4.74 Å². The van der Waals surface area contributed by atoms with E-state index in [-0.39, 0.29) is 5.60 Å². The van der Waals surface area contributed by atoms with Crippen LogP contribution in [-0.4, -0.2) is 12.2 Å². The van der Waals surface area contributed by atoms with E-state index in [1.807, 2.05) is 0 Å². The largest absolute Gasteiger partial charge is 0.376 e. The first-order chi connectivity index (χ1) is 5.83. The number of rotatable bonds is 2. The van der Waals surface area contributed by atoms with Gasteiger partial charge in [0, 0.05) is 6.61 Å². The minimum absolute atomic E-state index is 0.0991. The van der Waals surface area contributed by atoms with Crippen molar-refractivity contribution in [1.82, 2.24) is 0 Å². The van der Waals surface area contributed by atoms with Gasteiger partial charge in [0.15, 0.2) is 0 Å². The first-order valence-electron chi connectivity index (χ1n) is 5.47. The summed E-state index contributed by atoms with van der Waals surface area (Å²) in [7, 11) is 0. The molecule has 1 heteroatoms. The molecular weight excluding hydrogens is 160 g/mol. The third-order valence-electron chi connectivity index (χ3n) is 2.95. The molecule has 1 unspecified atom stereocenters. The lowest BCUT2D eigenvalue weighted by molar-refractivity contribution is -0.104. The Hall–Kier alpha value is -0.0400. The first kappa shape index (κ1) is 11.0. The molecule has 0 radical (unpaired) electrons. The van der Waals surface area contributed by atoms with Crippen molar-refractivity contribution in [2.75, 3.05) is 6.61 Å². The Balaban J connectivity index is 2.58. The van der Waals surface area contributed by atoms with Crippen LogP contribution < -0.4 is 0 Å². The molecule has 78 valence electrons. The fourth-order valence-corrected chi connectivity index (χ4v) is 2.90. The van der Waals surface area contributed by atoms with E-state index in [0.717, 1.165) is 12.5 Å². The monoisotopic (exact) mass is 184 g/mol. The SMILES string of the molecule is CC(C)CC1(C)CCOC(C)(C)C1. The number of hydrogen-bond acceptors (Lipinski definition) is 1. The van der Waals surface area contributed by atoms with Gasteiger partial charge in [-0.05, 0) is 44.4 Å². The van der Waals surface area contributed by atoms with Gasteiger partial charge in [-0.25, -0.2) is 0 Å². The van der Waals surface area contributed by atoms with E-state index >= 15 is 0 Å². The highest BCUT2D eigenvalue weighted by Crippen LogP contribution is 2.42. The second-order valence-electron chi connectivity index (χ2n) is 5.94. The van der Waals surface area contributed by atoms with Crippen LogP contribution >= 0.6 is 0 Å². The van der Waals surface area contributed by atoms with Crippen molar-refractivity contribution in [2.45, 2.75) is 59.5 Å². The standard InChI is InChI=1S/C12H24O/c1-10(2)8-12(5)6-7-13-11(3,4)9-12/h10H,6-9H2,1-5H3. The van der Waals surface area contributed by atoms with Gasteiger partial charge in [-0.15, -0.1) is 0 Å². The summed E-state index contributed by atoms with van der Waals surface area (Å²) < 4.78 is 5.74. The van der Waals surface area contributed by atoms with Gasteiger partial charge in [-0.3, -0.25) is 0 Å². The average molecular weight is 184 g/mol. The lowest BCUT2D eigenvalue weighted by Crippen LogP contribution is -2.40. The van der Waals surface area contributed by atoms with Crippen LogP contribution in [-0.2, 0) is 4.74 Å². The predicted molar refractivity (Wildman–Crippen MR) is 56.8 cm³/mol. The first-order valence-corrected chi connectivity index (χ1v) is 5.47. The minimum atomic E-state index is 0.0991. The van der Waals surface area contributed by atoms with E-state index in [9.17, 15) is 0 Å². The number of ether oxygens (including phenoxy) is 1. The molecule has 1 atom stereocenters. The normalized spacial score (nSPS) is 33.7. The van der Waals surface area contributed by atoms with Gasteiger partial charge in [0.05, 0.1) is 5.60 Å². The Labute approximate surface area is 82.9 Å². The van der Waals surface area contributed by atoms with E-state index in [1.54, 1.807) is 0 Å². The zero-order valence-corrected chi connectivity index (χ0v) is 9.81. The molecule has 0 aliphatic carbocycles. The Morgan fingerprint density at radius 3 is 2.31 bits per heavy atom. The van der Waals surface area contributed by atoms with Gasteiger partial charge in [0.1, 0.15) is 0 Å². The van der Waals surface area contributed by atoms with Crippen LogP contribution in [0.15, 0.2) is 0 Å². The van der Waals surface area contributed by atoms with Crippen LogP contribution in [0.3, 0.4) is 0 Å². The third kappa shape index (κ3) is 3.30. The highest BCUT2D eigenvalue weighted by atomic mass is 16.5. The van der Waals surface area contributed by atoms with Crippen LogP contribution in [0, 0.1) is 11.3 Å². The topological polar surface area (TPSA) is 9.23 Å². The Morgan fingerprint density at radius 2 is 1.85 bits per heavy atom. The zero-order valence-electron chi connectivity index (χ0n) is 9.81.